The Labute approximate surface area is 343 Å². The van der Waals surface area contributed by atoms with E-state index in [0.717, 1.165) is 50.0 Å². The van der Waals surface area contributed by atoms with Crippen LogP contribution in [0.1, 0.15) is 0 Å². The maximum Gasteiger partial charge on any atom is 0.164 e. The van der Waals surface area contributed by atoms with Crippen molar-refractivity contribution in [3.05, 3.63) is 194 Å². The number of hydrogen-bond acceptors (Lipinski definition) is 5. The lowest BCUT2D eigenvalue weighted by Gasteiger charge is -2.14. The largest absolute Gasteiger partial charge is 0.246 e. The van der Waals surface area contributed by atoms with Gasteiger partial charge in [-0.25, -0.2) is 19.9 Å². The predicted octanol–water partition coefficient (Wildman–Crippen LogP) is 14.6. The summed E-state index contributed by atoms with van der Waals surface area (Å²) in [5, 5.41) is 11.2. The molecule has 274 valence electrons. The second-order valence-electron chi connectivity index (χ2n) is 14.9. The second-order valence-corrected chi connectivity index (χ2v) is 16.0. The SMILES string of the molecule is c1ccc(-c2nc(-c3ccccc3)nc(-c3ccc(-c4cccc5c4nc(-c4ccc6c7ccccc7c7ccccc7c6c4)c4sc6ccccc6c45)cc3)n2)cc1. The molecular weight excluding hydrogens is 737 g/mol. The molecule has 59 heavy (non-hydrogen) atoms. The summed E-state index contributed by atoms with van der Waals surface area (Å²) in [4.78, 5) is 20.5. The van der Waals surface area contributed by atoms with Crippen LogP contribution >= 0.6 is 11.3 Å². The standard InChI is InChI=1S/C54H32N4S/c1-3-14-34(15-4-1)52-56-53(35-16-5-2-6-17-35)58-54(57-52)36-28-26-33(27-29-36)38-23-13-24-45-48-44-22-11-12-25-47(44)59-51(48)49(55-50(38)45)37-30-31-43-41-20-8-7-18-39(41)40-19-9-10-21-42(40)46(43)32-37/h1-32H. The van der Waals surface area contributed by atoms with Crippen LogP contribution in [0, 0.1) is 0 Å². The minimum absolute atomic E-state index is 0.630. The number of nitrogens with zero attached hydrogens (tertiary/aromatic N) is 4. The number of pyridine rings is 1. The summed E-state index contributed by atoms with van der Waals surface area (Å²) in [6.07, 6.45) is 0. The van der Waals surface area contributed by atoms with Crippen molar-refractivity contribution in [1.82, 2.24) is 19.9 Å². The van der Waals surface area contributed by atoms with E-state index in [-0.39, 0.29) is 0 Å². The summed E-state index contributed by atoms with van der Waals surface area (Å²) < 4.78 is 2.46. The summed E-state index contributed by atoms with van der Waals surface area (Å²) in [6, 6.07) is 68.5. The van der Waals surface area contributed by atoms with Gasteiger partial charge in [0.15, 0.2) is 17.5 Å². The lowest BCUT2D eigenvalue weighted by molar-refractivity contribution is 1.07. The number of fused-ring (bicyclic) bond motifs is 11. The van der Waals surface area contributed by atoms with Crippen LogP contribution in [0.2, 0.25) is 0 Å². The van der Waals surface area contributed by atoms with E-state index in [1.807, 2.05) is 72.0 Å². The van der Waals surface area contributed by atoms with Crippen LogP contribution in [-0.2, 0) is 0 Å². The van der Waals surface area contributed by atoms with E-state index in [2.05, 4.69) is 133 Å². The van der Waals surface area contributed by atoms with Crippen LogP contribution in [0.15, 0.2) is 194 Å². The molecular formula is C54H32N4S. The summed E-state index contributed by atoms with van der Waals surface area (Å²) in [5.41, 5.74) is 8.06. The third kappa shape index (κ3) is 5.51. The molecule has 0 amide bonds. The lowest BCUT2D eigenvalue weighted by atomic mass is 9.92. The highest BCUT2D eigenvalue weighted by Crippen LogP contribution is 2.46. The Bertz CT molecular complexity index is 3500. The average molecular weight is 769 g/mol. The van der Waals surface area contributed by atoms with Crippen LogP contribution in [0.3, 0.4) is 0 Å². The van der Waals surface area contributed by atoms with E-state index in [0.29, 0.717) is 17.5 Å². The molecule has 3 aromatic heterocycles. The Kier molecular flexibility index (Phi) is 7.68. The van der Waals surface area contributed by atoms with Crippen molar-refractivity contribution >= 4 is 74.7 Å². The van der Waals surface area contributed by atoms with Crippen LogP contribution in [0.4, 0.5) is 0 Å². The van der Waals surface area contributed by atoms with Gasteiger partial charge in [-0.15, -0.1) is 11.3 Å². The molecule has 5 heteroatoms. The molecule has 12 rings (SSSR count). The zero-order valence-electron chi connectivity index (χ0n) is 31.7. The molecule has 0 aliphatic rings. The van der Waals surface area contributed by atoms with Crippen molar-refractivity contribution in [3.8, 4) is 56.5 Å². The highest BCUT2D eigenvalue weighted by molar-refractivity contribution is 7.26. The molecule has 12 aromatic rings. The fourth-order valence-electron chi connectivity index (χ4n) is 8.73. The molecule has 0 atom stereocenters. The number of benzene rings is 9. The van der Waals surface area contributed by atoms with E-state index in [1.165, 1.54) is 52.5 Å². The Hall–Kier alpha value is -7.60. The molecule has 4 nitrogen and oxygen atoms in total. The van der Waals surface area contributed by atoms with Crippen molar-refractivity contribution < 1.29 is 0 Å². The summed E-state index contributed by atoms with van der Waals surface area (Å²) >= 11 is 1.83. The summed E-state index contributed by atoms with van der Waals surface area (Å²) in [6.45, 7) is 0. The molecule has 0 aliphatic heterocycles. The van der Waals surface area contributed by atoms with Gasteiger partial charge in [-0.05, 0) is 50.0 Å². The lowest BCUT2D eigenvalue weighted by Crippen LogP contribution is -2.00. The van der Waals surface area contributed by atoms with Gasteiger partial charge >= 0.3 is 0 Å². The van der Waals surface area contributed by atoms with E-state index in [4.69, 9.17) is 19.9 Å². The van der Waals surface area contributed by atoms with Crippen LogP contribution in [-0.4, -0.2) is 19.9 Å². The molecule has 9 aromatic carbocycles. The van der Waals surface area contributed by atoms with Crippen molar-refractivity contribution in [1.29, 1.82) is 0 Å². The van der Waals surface area contributed by atoms with Crippen molar-refractivity contribution in [3.63, 3.8) is 0 Å². The number of thiophene rings is 1. The zero-order valence-corrected chi connectivity index (χ0v) is 32.5. The molecule has 0 radical (unpaired) electrons. The molecule has 3 heterocycles. The molecule has 0 bridgehead atoms. The monoisotopic (exact) mass is 768 g/mol. The number of rotatable bonds is 5. The van der Waals surface area contributed by atoms with E-state index in [1.54, 1.807) is 0 Å². The van der Waals surface area contributed by atoms with Gasteiger partial charge in [-0.3, -0.25) is 0 Å². The minimum Gasteiger partial charge on any atom is -0.246 e. The van der Waals surface area contributed by atoms with Gasteiger partial charge in [0.05, 0.1) is 15.9 Å². The van der Waals surface area contributed by atoms with Crippen molar-refractivity contribution in [2.45, 2.75) is 0 Å². The molecule has 0 saturated carbocycles. The maximum atomic E-state index is 5.64. The first kappa shape index (κ1) is 33.5. The molecule has 0 unspecified atom stereocenters. The molecule has 0 N–H and O–H groups in total. The van der Waals surface area contributed by atoms with Crippen LogP contribution < -0.4 is 0 Å². The second kappa shape index (κ2) is 13.5. The van der Waals surface area contributed by atoms with Crippen molar-refractivity contribution in [2.24, 2.45) is 0 Å². The first-order valence-electron chi connectivity index (χ1n) is 19.8. The van der Waals surface area contributed by atoms with Crippen LogP contribution in [0.25, 0.3) is 120 Å². The van der Waals surface area contributed by atoms with Gasteiger partial charge in [-0.1, -0.05) is 182 Å². The van der Waals surface area contributed by atoms with Gasteiger partial charge in [0.25, 0.3) is 0 Å². The number of para-hydroxylation sites is 1. The quantitative estimate of drug-likeness (QED) is 0.164. The molecule has 0 aliphatic carbocycles. The summed E-state index contributed by atoms with van der Waals surface area (Å²) in [7, 11) is 0. The molecule has 0 fully saturated rings. The van der Waals surface area contributed by atoms with Gasteiger partial charge in [-0.2, -0.15) is 0 Å². The first-order chi connectivity index (χ1) is 29.2. The zero-order chi connectivity index (χ0) is 38.9. The molecule has 0 saturated heterocycles. The van der Waals surface area contributed by atoms with E-state index in [9.17, 15) is 0 Å². The third-order valence-electron chi connectivity index (χ3n) is 11.5. The molecule has 0 spiro atoms. The van der Waals surface area contributed by atoms with Gasteiger partial charge in [0, 0.05) is 48.7 Å². The van der Waals surface area contributed by atoms with Gasteiger partial charge in [0.2, 0.25) is 0 Å². The Morgan fingerprint density at radius 1 is 0.305 bits per heavy atom. The smallest absolute Gasteiger partial charge is 0.164 e. The highest BCUT2D eigenvalue weighted by Gasteiger charge is 2.20. The number of aromatic nitrogens is 4. The van der Waals surface area contributed by atoms with Gasteiger partial charge in [0.1, 0.15) is 0 Å². The Morgan fingerprint density at radius 3 is 1.37 bits per heavy atom. The Morgan fingerprint density at radius 2 is 0.763 bits per heavy atom. The minimum atomic E-state index is 0.630. The third-order valence-corrected chi connectivity index (χ3v) is 12.7. The Balaban J connectivity index is 1.05. The summed E-state index contributed by atoms with van der Waals surface area (Å²) in [5.74, 6) is 1.92. The van der Waals surface area contributed by atoms with Crippen LogP contribution in [0.5, 0.6) is 0 Å². The first-order valence-corrected chi connectivity index (χ1v) is 20.6. The van der Waals surface area contributed by atoms with E-state index >= 15 is 0 Å². The number of hydrogen-bond donors (Lipinski definition) is 0. The topological polar surface area (TPSA) is 51.6 Å². The normalized spacial score (nSPS) is 11.7. The fraction of sp³-hybridized carbons (Fsp3) is 0. The average Bonchev–Trinajstić information content (AvgIpc) is 3.72. The highest BCUT2D eigenvalue weighted by atomic mass is 32.1. The predicted molar refractivity (Wildman–Crippen MR) is 248 cm³/mol. The van der Waals surface area contributed by atoms with Gasteiger partial charge < -0.3 is 0 Å². The maximum absolute atomic E-state index is 5.64. The van der Waals surface area contributed by atoms with Crippen molar-refractivity contribution in [2.75, 3.05) is 0 Å². The van der Waals surface area contributed by atoms with E-state index < -0.39 is 0 Å². The fourth-order valence-corrected chi connectivity index (χ4v) is 9.96.